The van der Waals surface area contributed by atoms with Crippen molar-refractivity contribution < 1.29 is 23.8 Å². The average Bonchev–Trinajstić information content (AvgIpc) is 3.27. The second-order valence-corrected chi connectivity index (χ2v) is 15.6. The van der Waals surface area contributed by atoms with Gasteiger partial charge in [0.25, 0.3) is 0 Å². The van der Waals surface area contributed by atoms with Crippen LogP contribution in [0.5, 0.6) is 0 Å². The van der Waals surface area contributed by atoms with Crippen molar-refractivity contribution in [1.82, 2.24) is 0 Å². The molecule has 0 aromatic rings. The van der Waals surface area contributed by atoms with E-state index in [0.29, 0.717) is 19.4 Å². The van der Waals surface area contributed by atoms with Gasteiger partial charge in [-0.2, -0.15) is 0 Å². The molecule has 0 aromatic heterocycles. The minimum absolute atomic E-state index is 0.0319. The van der Waals surface area contributed by atoms with Crippen molar-refractivity contribution in [2.24, 2.45) is 0 Å². The zero-order valence-corrected chi connectivity index (χ0v) is 39.8. The number of esters is 2. The molecule has 0 heterocycles. The fourth-order valence-electron chi connectivity index (χ4n) is 6.05. The van der Waals surface area contributed by atoms with Gasteiger partial charge in [0.2, 0.25) is 0 Å². The maximum Gasteiger partial charge on any atom is 0.306 e. The SMILES string of the molecule is CC/C=C\C/C=C\C/C=C\C/C=C\C/C=C\C/C=C\CCCOCC(COC(=O)CCCCC/C=C\C/C=C\C/C=C\CC)OC(=O)CCCCCCC/C=C\C/C=C\CCC. The maximum absolute atomic E-state index is 12.8. The van der Waals surface area contributed by atoms with Crippen molar-refractivity contribution in [1.29, 1.82) is 0 Å². The van der Waals surface area contributed by atoms with E-state index in [9.17, 15) is 9.59 Å². The van der Waals surface area contributed by atoms with Crippen molar-refractivity contribution in [3.63, 3.8) is 0 Å². The maximum atomic E-state index is 12.8. The minimum atomic E-state index is -0.595. The van der Waals surface area contributed by atoms with Crippen molar-refractivity contribution in [2.75, 3.05) is 19.8 Å². The molecule has 0 amide bonds. The number of ether oxygens (including phenoxy) is 3. The van der Waals surface area contributed by atoms with Crippen LogP contribution in [0.3, 0.4) is 0 Å². The van der Waals surface area contributed by atoms with Gasteiger partial charge in [-0.05, 0) is 122 Å². The van der Waals surface area contributed by atoms with Gasteiger partial charge in [-0.1, -0.05) is 187 Å². The number of hydrogen-bond donors (Lipinski definition) is 0. The molecule has 0 rings (SSSR count). The number of rotatable bonds is 43. The molecule has 0 aliphatic rings. The van der Waals surface area contributed by atoms with Crippen LogP contribution in [-0.4, -0.2) is 37.9 Å². The number of allylic oxidation sites excluding steroid dienone is 22. The lowest BCUT2D eigenvalue weighted by Gasteiger charge is -2.18. The van der Waals surface area contributed by atoms with E-state index in [0.717, 1.165) is 135 Å². The van der Waals surface area contributed by atoms with E-state index in [-0.39, 0.29) is 25.2 Å². The van der Waals surface area contributed by atoms with E-state index in [1.165, 1.54) is 19.3 Å². The van der Waals surface area contributed by atoms with Gasteiger partial charge in [-0.3, -0.25) is 9.59 Å². The molecule has 5 heteroatoms. The van der Waals surface area contributed by atoms with Gasteiger partial charge >= 0.3 is 11.9 Å². The summed E-state index contributed by atoms with van der Waals surface area (Å²) in [5, 5.41) is 0. The molecule has 0 aliphatic carbocycles. The van der Waals surface area contributed by atoms with Crippen LogP contribution in [0, 0.1) is 0 Å². The fraction of sp³-hybridized carbons (Fsp3) is 0.579. The van der Waals surface area contributed by atoms with Crippen molar-refractivity contribution in [2.45, 2.75) is 194 Å². The Morgan fingerprint density at radius 3 is 1.18 bits per heavy atom. The molecule has 5 nitrogen and oxygen atoms in total. The first-order valence-electron chi connectivity index (χ1n) is 24.7. The summed E-state index contributed by atoms with van der Waals surface area (Å²) < 4.78 is 17.3. The van der Waals surface area contributed by atoms with Crippen LogP contribution >= 0.6 is 0 Å². The van der Waals surface area contributed by atoms with Crippen molar-refractivity contribution >= 4 is 11.9 Å². The number of carbonyl (C=O) groups excluding carboxylic acids is 2. The number of carbonyl (C=O) groups is 2. The first-order chi connectivity index (χ1) is 30.6. The molecule has 0 N–H and O–H groups in total. The topological polar surface area (TPSA) is 61.8 Å². The van der Waals surface area contributed by atoms with Gasteiger partial charge in [-0.15, -0.1) is 0 Å². The summed E-state index contributed by atoms with van der Waals surface area (Å²) in [4.78, 5) is 25.3. The number of hydrogen-bond acceptors (Lipinski definition) is 5. The molecule has 0 fully saturated rings. The highest BCUT2D eigenvalue weighted by Gasteiger charge is 2.17. The molecule has 0 bridgehead atoms. The third kappa shape index (κ3) is 48.7. The van der Waals surface area contributed by atoms with Crippen molar-refractivity contribution in [3.05, 3.63) is 134 Å². The molecule has 0 saturated heterocycles. The van der Waals surface area contributed by atoms with Gasteiger partial charge in [0.1, 0.15) is 6.61 Å². The first kappa shape index (κ1) is 58.0. The minimum Gasteiger partial charge on any atom is -0.462 e. The molecule has 0 aliphatic heterocycles. The molecular weight excluding hydrogens is 765 g/mol. The smallest absolute Gasteiger partial charge is 0.306 e. The molecule has 0 spiro atoms. The Bertz CT molecular complexity index is 1330. The molecule has 0 aromatic carbocycles. The zero-order chi connectivity index (χ0) is 44.9. The largest absolute Gasteiger partial charge is 0.462 e. The molecule has 0 radical (unpaired) electrons. The molecule has 62 heavy (non-hydrogen) atoms. The van der Waals surface area contributed by atoms with Gasteiger partial charge in [0.05, 0.1) is 6.61 Å². The lowest BCUT2D eigenvalue weighted by Crippen LogP contribution is -2.30. The summed E-state index contributed by atoms with van der Waals surface area (Å²) in [6.45, 7) is 7.31. The molecule has 0 saturated carbocycles. The van der Waals surface area contributed by atoms with E-state index in [4.69, 9.17) is 14.2 Å². The van der Waals surface area contributed by atoms with Crippen LogP contribution < -0.4 is 0 Å². The molecule has 1 atom stereocenters. The molecule has 348 valence electrons. The number of unbranched alkanes of at least 4 members (excludes halogenated alkanes) is 10. The summed E-state index contributed by atoms with van der Waals surface area (Å²) in [5.74, 6) is -0.493. The summed E-state index contributed by atoms with van der Waals surface area (Å²) >= 11 is 0. The quantitative estimate of drug-likeness (QED) is 0.0347. The van der Waals surface area contributed by atoms with Crippen LogP contribution in [0.4, 0.5) is 0 Å². The van der Waals surface area contributed by atoms with Gasteiger partial charge in [0, 0.05) is 19.4 Å². The lowest BCUT2D eigenvalue weighted by molar-refractivity contribution is -0.163. The van der Waals surface area contributed by atoms with Crippen LogP contribution in [0.2, 0.25) is 0 Å². The Morgan fingerprint density at radius 1 is 0.371 bits per heavy atom. The zero-order valence-electron chi connectivity index (χ0n) is 39.8. The van der Waals surface area contributed by atoms with Crippen LogP contribution in [0.15, 0.2) is 134 Å². The first-order valence-corrected chi connectivity index (χ1v) is 24.7. The van der Waals surface area contributed by atoms with Crippen LogP contribution in [0.1, 0.15) is 188 Å². The lowest BCUT2D eigenvalue weighted by atomic mass is 10.1. The highest BCUT2D eigenvalue weighted by molar-refractivity contribution is 5.70. The van der Waals surface area contributed by atoms with E-state index >= 15 is 0 Å². The standard InChI is InChI=1S/C57H90O5/c1-4-7-10-13-16-19-22-25-26-27-28-29-30-31-34-37-40-43-46-49-52-60-53-55(62-57(59)51-48-45-42-39-36-33-24-21-18-15-12-9-6-3)54-61-56(58)50-47-44-41-38-35-32-23-20-17-14-11-8-5-2/h7-8,10-12,15-17,19-21,24-26,28-29,31-32,34-35,40,43,55H,4-6,9,13-14,18,22-23,27,30,33,36-39,41-42,44-54H2,1-3H3/b10-7-,11-8-,15-12-,19-16-,20-17-,24-21-,26-25-,29-28-,34-31-,35-32-,43-40-. The van der Waals surface area contributed by atoms with Gasteiger partial charge in [0.15, 0.2) is 6.10 Å². The van der Waals surface area contributed by atoms with E-state index in [1.807, 2.05) is 0 Å². The summed E-state index contributed by atoms with van der Waals surface area (Å²) in [5.41, 5.74) is 0. The monoisotopic (exact) mass is 855 g/mol. The second-order valence-electron chi connectivity index (χ2n) is 15.6. The van der Waals surface area contributed by atoms with Crippen molar-refractivity contribution in [3.8, 4) is 0 Å². The van der Waals surface area contributed by atoms with E-state index < -0.39 is 6.10 Å². The fourth-order valence-corrected chi connectivity index (χ4v) is 6.05. The Labute approximate surface area is 381 Å². The van der Waals surface area contributed by atoms with Crippen LogP contribution in [-0.2, 0) is 23.8 Å². The van der Waals surface area contributed by atoms with E-state index in [1.54, 1.807) is 0 Å². The van der Waals surface area contributed by atoms with E-state index in [2.05, 4.69) is 154 Å². The predicted octanol–water partition coefficient (Wildman–Crippen LogP) is 16.8. The second kappa shape index (κ2) is 51.4. The Morgan fingerprint density at radius 2 is 0.726 bits per heavy atom. The third-order valence-electron chi connectivity index (χ3n) is 9.63. The summed E-state index contributed by atoms with van der Waals surface area (Å²) in [6.07, 6.45) is 73.3. The van der Waals surface area contributed by atoms with Gasteiger partial charge in [-0.25, -0.2) is 0 Å². The summed E-state index contributed by atoms with van der Waals surface area (Å²) in [7, 11) is 0. The third-order valence-corrected chi connectivity index (χ3v) is 9.63. The van der Waals surface area contributed by atoms with Gasteiger partial charge < -0.3 is 14.2 Å². The molecule has 1 unspecified atom stereocenters. The molecular formula is C57H90O5. The predicted molar refractivity (Wildman–Crippen MR) is 269 cm³/mol. The Balaban J connectivity index is 4.46. The Hall–Kier alpha value is -3.96. The highest BCUT2D eigenvalue weighted by Crippen LogP contribution is 2.11. The summed E-state index contributed by atoms with van der Waals surface area (Å²) in [6, 6.07) is 0. The Kier molecular flexibility index (Phi) is 48.1. The normalized spacial score (nSPS) is 13.4. The highest BCUT2D eigenvalue weighted by atomic mass is 16.6. The average molecular weight is 855 g/mol. The van der Waals surface area contributed by atoms with Crippen LogP contribution in [0.25, 0.3) is 0 Å².